The van der Waals surface area contributed by atoms with Crippen molar-refractivity contribution < 1.29 is 13.2 Å². The van der Waals surface area contributed by atoms with Gasteiger partial charge in [-0.3, -0.25) is 4.98 Å². The molecular weight excluding hydrogens is 946 g/mol. The van der Waals surface area contributed by atoms with E-state index in [1.165, 1.54) is 34.4 Å². The zero-order chi connectivity index (χ0) is 53.9. The van der Waals surface area contributed by atoms with Gasteiger partial charge in [-0.05, 0) is 129 Å². The first-order chi connectivity index (χ1) is 35.8. The van der Waals surface area contributed by atoms with Crippen LogP contribution in [0.4, 0.5) is 13.2 Å². The number of halogens is 3. The first-order valence-corrected chi connectivity index (χ1v) is 26.1. The number of benzene rings is 7. The van der Waals surface area contributed by atoms with E-state index in [0.29, 0.717) is 33.8 Å². The molecule has 0 aliphatic heterocycles. The second-order valence-electron chi connectivity index (χ2n) is 24.5. The van der Waals surface area contributed by atoms with Crippen molar-refractivity contribution in [1.29, 1.82) is 0 Å². The zero-order valence-corrected chi connectivity index (χ0v) is 45.4. The molecule has 0 amide bonds. The van der Waals surface area contributed by atoms with Crippen LogP contribution in [-0.2, 0) is 27.8 Å². The van der Waals surface area contributed by atoms with E-state index in [1.54, 1.807) is 12.3 Å². The highest BCUT2D eigenvalue weighted by atomic mass is 19.4. The molecule has 0 aliphatic rings. The van der Waals surface area contributed by atoms with Crippen molar-refractivity contribution in [1.82, 2.24) is 29.1 Å². The smallest absolute Gasteiger partial charge is 0.309 e. The Kier molecular flexibility index (Phi) is 11.8. The van der Waals surface area contributed by atoms with Gasteiger partial charge in [0.15, 0.2) is 17.5 Å². The molecule has 0 aliphatic carbocycles. The number of hydrogen-bond acceptors (Lipinski definition) is 4. The summed E-state index contributed by atoms with van der Waals surface area (Å²) >= 11 is 0. The molecular formula is C67H63F3N6. The molecule has 11 aromatic rings. The third kappa shape index (κ3) is 9.03. The summed E-state index contributed by atoms with van der Waals surface area (Å²) in [5, 5.41) is 3.42. The topological polar surface area (TPSA) is 61.4 Å². The predicted octanol–water partition coefficient (Wildman–Crippen LogP) is 18.3. The fourth-order valence-electron chi connectivity index (χ4n) is 10.5. The van der Waals surface area contributed by atoms with Gasteiger partial charge in [-0.15, -0.1) is 0 Å². The van der Waals surface area contributed by atoms with E-state index in [0.717, 1.165) is 66.5 Å². The van der Waals surface area contributed by atoms with Crippen LogP contribution in [0.25, 0.3) is 100 Å². The van der Waals surface area contributed by atoms with Gasteiger partial charge in [0.25, 0.3) is 0 Å². The quantitative estimate of drug-likeness (QED) is 0.167. The number of aromatic nitrogens is 6. The zero-order valence-electron chi connectivity index (χ0n) is 45.4. The van der Waals surface area contributed by atoms with Gasteiger partial charge in [-0.2, -0.15) is 13.2 Å². The maximum atomic E-state index is 14.5. The number of hydrogen-bond donors (Lipinski definition) is 0. The van der Waals surface area contributed by atoms with E-state index in [4.69, 9.17) is 19.9 Å². The van der Waals surface area contributed by atoms with Crippen LogP contribution in [0.1, 0.15) is 111 Å². The highest BCUT2D eigenvalue weighted by Gasteiger charge is 2.32. The summed E-state index contributed by atoms with van der Waals surface area (Å²) in [7, 11) is 0. The molecule has 0 atom stereocenters. The Morgan fingerprint density at radius 3 is 1.20 bits per heavy atom. The fraction of sp³-hybridized carbons (Fsp3) is 0.254. The monoisotopic (exact) mass is 1010 g/mol. The summed E-state index contributed by atoms with van der Waals surface area (Å²) in [5.41, 5.74) is 12.6. The molecule has 0 saturated carbocycles. The summed E-state index contributed by atoms with van der Waals surface area (Å²) < 4.78 is 47.7. The molecule has 4 heterocycles. The van der Waals surface area contributed by atoms with Gasteiger partial charge in [0.1, 0.15) is 0 Å². The molecule has 382 valence electrons. The molecule has 0 bridgehead atoms. The molecule has 0 saturated heterocycles. The van der Waals surface area contributed by atoms with Crippen LogP contribution >= 0.6 is 0 Å². The molecule has 76 heavy (non-hydrogen) atoms. The fourth-order valence-corrected chi connectivity index (χ4v) is 10.5. The van der Waals surface area contributed by atoms with E-state index in [-0.39, 0.29) is 21.7 Å². The number of alkyl halides is 3. The van der Waals surface area contributed by atoms with Crippen molar-refractivity contribution in [2.75, 3.05) is 0 Å². The lowest BCUT2D eigenvalue weighted by atomic mass is 9.79. The third-order valence-electron chi connectivity index (χ3n) is 14.9. The van der Waals surface area contributed by atoms with Crippen LogP contribution in [0.2, 0.25) is 0 Å². The van der Waals surface area contributed by atoms with Crippen molar-refractivity contribution >= 4 is 43.6 Å². The lowest BCUT2D eigenvalue weighted by Crippen LogP contribution is -2.17. The molecule has 0 radical (unpaired) electrons. The van der Waals surface area contributed by atoms with E-state index >= 15 is 0 Å². The summed E-state index contributed by atoms with van der Waals surface area (Å²) in [6, 6.07) is 50.2. The Hall–Kier alpha value is -7.91. The molecule has 9 heteroatoms. The second kappa shape index (κ2) is 17.9. The molecule has 0 unspecified atom stereocenters. The number of nitrogens with zero attached hydrogens (tertiary/aromatic N) is 6. The molecule has 6 nitrogen and oxygen atoms in total. The van der Waals surface area contributed by atoms with Crippen LogP contribution in [0.3, 0.4) is 0 Å². The van der Waals surface area contributed by atoms with Crippen molar-refractivity contribution in [2.45, 2.75) is 111 Å². The first-order valence-electron chi connectivity index (χ1n) is 26.1. The van der Waals surface area contributed by atoms with Crippen LogP contribution in [-0.4, -0.2) is 29.1 Å². The van der Waals surface area contributed by atoms with E-state index in [1.807, 2.05) is 54.7 Å². The average molecular weight is 1010 g/mol. The normalized spacial score (nSPS) is 12.9. The van der Waals surface area contributed by atoms with Crippen molar-refractivity contribution in [2.24, 2.45) is 0 Å². The Bertz CT molecular complexity index is 3880. The highest BCUT2D eigenvalue weighted by molar-refractivity contribution is 6.11. The largest absolute Gasteiger partial charge is 0.416 e. The lowest BCUT2D eigenvalue weighted by Gasteiger charge is -2.26. The molecule has 0 spiro atoms. The molecule has 0 N–H and O–H groups in total. The maximum Gasteiger partial charge on any atom is 0.416 e. The molecule has 7 aromatic carbocycles. The van der Waals surface area contributed by atoms with Crippen molar-refractivity contribution in [3.8, 4) is 56.7 Å². The lowest BCUT2D eigenvalue weighted by molar-refractivity contribution is -0.137. The Morgan fingerprint density at radius 1 is 0.342 bits per heavy atom. The van der Waals surface area contributed by atoms with Gasteiger partial charge in [-0.25, -0.2) is 15.0 Å². The van der Waals surface area contributed by atoms with Gasteiger partial charge in [-0.1, -0.05) is 150 Å². The maximum absolute atomic E-state index is 14.5. The van der Waals surface area contributed by atoms with Crippen LogP contribution in [0.5, 0.6) is 0 Å². The van der Waals surface area contributed by atoms with Crippen LogP contribution < -0.4 is 0 Å². The van der Waals surface area contributed by atoms with Gasteiger partial charge < -0.3 is 9.13 Å². The first kappa shape index (κ1) is 50.3. The Labute approximate surface area is 443 Å². The van der Waals surface area contributed by atoms with Crippen LogP contribution in [0, 0.1) is 0 Å². The van der Waals surface area contributed by atoms with Crippen molar-refractivity contribution in [3.63, 3.8) is 0 Å². The second-order valence-corrected chi connectivity index (χ2v) is 24.5. The molecule has 11 rings (SSSR count). The number of fused-ring (bicyclic) bond motifs is 6. The Morgan fingerprint density at radius 2 is 0.750 bits per heavy atom. The SMILES string of the molecule is CC(C)(C)c1cc(-c2nc(-c3cc(C(C)(C)C)cc(C(C)(C)C)c3)nc(-c3ccc(-n4c5ccccc5c5cc(C(F)(F)F)ccc54)c(-c4ccncc4-n4c5ccccc5c5ccccc54)c3)n2)cc(C(C)(C)C)c1. The third-order valence-corrected chi connectivity index (χ3v) is 14.9. The summed E-state index contributed by atoms with van der Waals surface area (Å²) in [6.45, 7) is 26.8. The van der Waals surface area contributed by atoms with E-state index in [2.05, 4.69) is 177 Å². The summed E-state index contributed by atoms with van der Waals surface area (Å²) in [6.07, 6.45) is -0.825. The molecule has 4 aromatic heterocycles. The van der Waals surface area contributed by atoms with Gasteiger partial charge in [0.2, 0.25) is 0 Å². The number of pyridine rings is 1. The standard InChI is InChI=1S/C67H63F3N6/c1-63(2,3)44-31-41(32-45(36-44)64(4,5)6)61-72-60(73-62(74-61)42-33-46(65(7,8)9)37-47(34-42)66(10,11)12)40-25-27-57(75-56-24-18-15-21-50(56)53-38-43(67(68,69)70)26-28-58(53)75)52(35-40)51-29-30-71-39-59(51)76-54-22-16-13-19-48(54)49-20-14-17-23-55(49)76/h13-39H,1-12H3. The number of rotatable bonds is 6. The van der Waals surface area contributed by atoms with Gasteiger partial charge >= 0.3 is 6.18 Å². The average Bonchev–Trinajstić information content (AvgIpc) is 3.90. The summed E-state index contributed by atoms with van der Waals surface area (Å²) in [4.78, 5) is 21.1. The summed E-state index contributed by atoms with van der Waals surface area (Å²) in [5.74, 6) is 1.59. The van der Waals surface area contributed by atoms with Crippen molar-refractivity contribution in [3.05, 3.63) is 192 Å². The minimum Gasteiger partial charge on any atom is -0.309 e. The van der Waals surface area contributed by atoms with Gasteiger partial charge in [0.05, 0.1) is 45.2 Å². The number of para-hydroxylation sites is 3. The van der Waals surface area contributed by atoms with Crippen LogP contribution in [0.15, 0.2) is 164 Å². The van der Waals surface area contributed by atoms with E-state index in [9.17, 15) is 13.2 Å². The minimum absolute atomic E-state index is 0.165. The van der Waals surface area contributed by atoms with E-state index < -0.39 is 11.7 Å². The van der Waals surface area contributed by atoms with Gasteiger partial charge in [0, 0.05) is 55.6 Å². The predicted molar refractivity (Wildman–Crippen MR) is 308 cm³/mol. The Balaban J connectivity index is 1.24. The molecule has 0 fully saturated rings. The minimum atomic E-state index is -4.52. The highest BCUT2D eigenvalue weighted by Crippen LogP contribution is 2.44.